The minimum atomic E-state index is -0.409. The van der Waals surface area contributed by atoms with Crippen molar-refractivity contribution in [1.82, 2.24) is 4.90 Å². The van der Waals surface area contributed by atoms with Crippen molar-refractivity contribution >= 4 is 17.9 Å². The molecule has 1 heterocycles. The summed E-state index contributed by atoms with van der Waals surface area (Å²) in [5, 5.41) is 0.639. The highest BCUT2D eigenvalue weighted by molar-refractivity contribution is 7.99. The van der Waals surface area contributed by atoms with Gasteiger partial charge in [-0.1, -0.05) is 29.8 Å². The molecule has 1 amide bonds. The molecule has 0 spiro atoms. The van der Waals surface area contributed by atoms with Gasteiger partial charge in [-0.25, -0.2) is 4.79 Å². The number of likely N-dealkylation sites (tertiary alicyclic amines) is 1. The van der Waals surface area contributed by atoms with Crippen LogP contribution < -0.4 is 0 Å². The molecule has 0 aliphatic carbocycles. The molecule has 1 aromatic rings. The molecule has 1 aromatic carbocycles. The Kier molecular flexibility index (Phi) is 5.79. The topological polar surface area (TPSA) is 29.5 Å². The molecule has 1 aliphatic heterocycles. The van der Waals surface area contributed by atoms with E-state index in [9.17, 15) is 4.79 Å². The van der Waals surface area contributed by atoms with Crippen LogP contribution in [-0.2, 0) is 10.5 Å². The summed E-state index contributed by atoms with van der Waals surface area (Å²) in [5.41, 5.74) is 2.28. The second-order valence-electron chi connectivity index (χ2n) is 6.96. The molecule has 0 bridgehead atoms. The number of ether oxygens (including phenoxy) is 1. The fraction of sp³-hybridized carbons (Fsp3) is 0.611. The number of hydrogen-bond donors (Lipinski definition) is 0. The molecule has 1 aliphatic rings. The van der Waals surface area contributed by atoms with Gasteiger partial charge in [0.05, 0.1) is 0 Å². The Hall–Kier alpha value is -1.16. The number of amides is 1. The van der Waals surface area contributed by atoms with Crippen molar-refractivity contribution in [2.75, 3.05) is 13.1 Å². The third-order valence-corrected chi connectivity index (χ3v) is 5.14. The number of piperidine rings is 1. The lowest BCUT2D eigenvalue weighted by molar-refractivity contribution is 0.0219. The average molecular weight is 321 g/mol. The summed E-state index contributed by atoms with van der Waals surface area (Å²) in [6, 6.07) is 8.75. The van der Waals surface area contributed by atoms with E-state index < -0.39 is 5.60 Å². The van der Waals surface area contributed by atoms with E-state index in [2.05, 4.69) is 31.2 Å². The van der Waals surface area contributed by atoms with Crippen molar-refractivity contribution < 1.29 is 9.53 Å². The first-order valence-electron chi connectivity index (χ1n) is 7.98. The molecule has 0 N–H and O–H groups in total. The maximum absolute atomic E-state index is 12.0. The molecule has 1 saturated heterocycles. The first-order valence-corrected chi connectivity index (χ1v) is 9.03. The zero-order valence-electron chi connectivity index (χ0n) is 14.1. The van der Waals surface area contributed by atoms with Gasteiger partial charge in [-0.3, -0.25) is 0 Å². The Morgan fingerprint density at radius 1 is 1.23 bits per heavy atom. The molecule has 0 saturated carbocycles. The van der Waals surface area contributed by atoms with E-state index in [1.54, 1.807) is 0 Å². The minimum Gasteiger partial charge on any atom is -0.444 e. The first kappa shape index (κ1) is 17.2. The third kappa shape index (κ3) is 5.56. The van der Waals surface area contributed by atoms with Crippen molar-refractivity contribution in [3.63, 3.8) is 0 Å². The van der Waals surface area contributed by atoms with E-state index in [1.165, 1.54) is 11.1 Å². The number of nitrogens with zero attached hydrogens (tertiary/aromatic N) is 1. The van der Waals surface area contributed by atoms with E-state index in [0.717, 1.165) is 31.7 Å². The van der Waals surface area contributed by atoms with Gasteiger partial charge in [-0.15, -0.1) is 0 Å². The maximum Gasteiger partial charge on any atom is 0.410 e. The van der Waals surface area contributed by atoms with Crippen LogP contribution in [0.15, 0.2) is 24.3 Å². The van der Waals surface area contributed by atoms with E-state index in [1.807, 2.05) is 37.4 Å². The normalized spacial score (nSPS) is 16.6. The summed E-state index contributed by atoms with van der Waals surface area (Å²) in [4.78, 5) is 13.9. The summed E-state index contributed by atoms with van der Waals surface area (Å²) in [6.45, 7) is 9.46. The highest BCUT2D eigenvalue weighted by Crippen LogP contribution is 2.27. The second-order valence-corrected chi connectivity index (χ2v) is 8.25. The fourth-order valence-corrected chi connectivity index (χ4v) is 3.59. The van der Waals surface area contributed by atoms with Crippen molar-refractivity contribution in [2.45, 2.75) is 57.1 Å². The van der Waals surface area contributed by atoms with E-state index in [-0.39, 0.29) is 6.09 Å². The Balaban J connectivity index is 1.73. The summed E-state index contributed by atoms with van der Waals surface area (Å²) in [6.07, 6.45) is 1.93. The molecule has 4 heteroatoms. The monoisotopic (exact) mass is 321 g/mol. The number of carbonyl (C=O) groups excluding carboxylic acids is 1. The lowest BCUT2D eigenvalue weighted by Crippen LogP contribution is -2.42. The van der Waals surface area contributed by atoms with E-state index >= 15 is 0 Å². The van der Waals surface area contributed by atoms with Gasteiger partial charge < -0.3 is 9.64 Å². The minimum absolute atomic E-state index is 0.172. The maximum atomic E-state index is 12.0. The summed E-state index contributed by atoms with van der Waals surface area (Å²) >= 11 is 2.00. The predicted octanol–water partition coefficient (Wildman–Crippen LogP) is 4.63. The first-order chi connectivity index (χ1) is 10.3. The van der Waals surface area contributed by atoms with Gasteiger partial charge >= 0.3 is 6.09 Å². The molecule has 0 radical (unpaired) electrons. The van der Waals surface area contributed by atoms with Gasteiger partial charge in [-0.2, -0.15) is 11.8 Å². The smallest absolute Gasteiger partial charge is 0.410 e. The van der Waals surface area contributed by atoms with Crippen LogP contribution >= 0.6 is 11.8 Å². The van der Waals surface area contributed by atoms with E-state index in [4.69, 9.17) is 4.74 Å². The van der Waals surface area contributed by atoms with Crippen molar-refractivity contribution in [1.29, 1.82) is 0 Å². The van der Waals surface area contributed by atoms with Crippen LogP contribution in [0.3, 0.4) is 0 Å². The number of aryl methyl sites for hydroxylation is 1. The molecule has 122 valence electrons. The standard InChI is InChI=1S/C18H27NO2S/c1-14-5-7-15(8-6-14)13-22-16-9-11-19(12-10-16)17(20)21-18(2,3)4/h5-8,16H,9-13H2,1-4H3. The lowest BCUT2D eigenvalue weighted by Gasteiger charge is -2.33. The van der Waals surface area contributed by atoms with Crippen LogP contribution in [0.4, 0.5) is 4.79 Å². The summed E-state index contributed by atoms with van der Waals surface area (Å²) in [5.74, 6) is 1.05. The Bertz CT molecular complexity index is 485. The van der Waals surface area contributed by atoms with Gasteiger partial charge in [0, 0.05) is 24.1 Å². The largest absolute Gasteiger partial charge is 0.444 e. The molecule has 22 heavy (non-hydrogen) atoms. The summed E-state index contributed by atoms with van der Waals surface area (Å²) < 4.78 is 5.43. The van der Waals surface area contributed by atoms with Crippen LogP contribution in [0.1, 0.15) is 44.7 Å². The lowest BCUT2D eigenvalue weighted by atomic mass is 10.1. The number of benzene rings is 1. The zero-order valence-corrected chi connectivity index (χ0v) is 14.9. The average Bonchev–Trinajstić information content (AvgIpc) is 2.45. The highest BCUT2D eigenvalue weighted by atomic mass is 32.2. The van der Waals surface area contributed by atoms with Crippen LogP contribution in [0.2, 0.25) is 0 Å². The Morgan fingerprint density at radius 2 is 1.82 bits per heavy atom. The number of hydrogen-bond acceptors (Lipinski definition) is 3. The van der Waals surface area contributed by atoms with Gasteiger partial charge in [0.25, 0.3) is 0 Å². The zero-order chi connectivity index (χ0) is 16.2. The number of carbonyl (C=O) groups is 1. The molecular weight excluding hydrogens is 294 g/mol. The molecule has 0 aromatic heterocycles. The third-order valence-electron chi connectivity index (χ3n) is 3.70. The molecule has 0 unspecified atom stereocenters. The van der Waals surface area contributed by atoms with Gasteiger partial charge in [0.15, 0.2) is 0 Å². The number of rotatable bonds is 3. The number of thioether (sulfide) groups is 1. The van der Waals surface area contributed by atoms with E-state index in [0.29, 0.717) is 5.25 Å². The molecule has 0 atom stereocenters. The molecular formula is C18H27NO2S. The van der Waals surface area contributed by atoms with Crippen molar-refractivity contribution in [2.24, 2.45) is 0 Å². The Labute approximate surface area is 138 Å². The SMILES string of the molecule is Cc1ccc(CSC2CCN(C(=O)OC(C)(C)C)CC2)cc1. The quantitative estimate of drug-likeness (QED) is 0.813. The summed E-state index contributed by atoms with van der Waals surface area (Å²) in [7, 11) is 0. The van der Waals surface area contributed by atoms with Gasteiger partial charge in [0.1, 0.15) is 5.60 Å². The fourth-order valence-electron chi connectivity index (χ4n) is 2.43. The van der Waals surface area contributed by atoms with Crippen molar-refractivity contribution in [3.8, 4) is 0 Å². The van der Waals surface area contributed by atoms with Gasteiger partial charge in [0.2, 0.25) is 0 Å². The highest BCUT2D eigenvalue weighted by Gasteiger charge is 2.26. The van der Waals surface area contributed by atoms with Gasteiger partial charge in [-0.05, 0) is 46.1 Å². The van der Waals surface area contributed by atoms with Crippen LogP contribution in [0.5, 0.6) is 0 Å². The molecule has 2 rings (SSSR count). The van der Waals surface area contributed by atoms with Crippen LogP contribution in [0.25, 0.3) is 0 Å². The second kappa shape index (κ2) is 7.40. The Morgan fingerprint density at radius 3 is 2.36 bits per heavy atom. The molecule has 1 fully saturated rings. The van der Waals surface area contributed by atoms with Crippen molar-refractivity contribution in [3.05, 3.63) is 35.4 Å². The van der Waals surface area contributed by atoms with Crippen LogP contribution in [-0.4, -0.2) is 34.9 Å². The predicted molar refractivity (Wildman–Crippen MR) is 93.3 cm³/mol. The van der Waals surface area contributed by atoms with Crippen LogP contribution in [0, 0.1) is 6.92 Å². The molecule has 3 nitrogen and oxygen atoms in total.